The van der Waals surface area contributed by atoms with Gasteiger partial charge in [0.05, 0.1) is 23.1 Å². The molecule has 10 nitrogen and oxygen atoms in total. The fourth-order valence-corrected chi connectivity index (χ4v) is 7.76. The van der Waals surface area contributed by atoms with Gasteiger partial charge in [0.15, 0.2) is 5.78 Å². The summed E-state index contributed by atoms with van der Waals surface area (Å²) in [4.78, 5) is 46.9. The molecule has 0 aliphatic carbocycles. The molecule has 0 unspecified atom stereocenters. The van der Waals surface area contributed by atoms with Crippen molar-refractivity contribution < 1.29 is 27.9 Å². The van der Waals surface area contributed by atoms with Crippen LogP contribution in [0.15, 0.2) is 120 Å². The Balaban J connectivity index is 1.31. The van der Waals surface area contributed by atoms with Gasteiger partial charge in [-0.05, 0) is 64.9 Å². The molecule has 2 amide bonds. The second-order valence-electron chi connectivity index (χ2n) is 12.7. The highest BCUT2D eigenvalue weighted by atomic mass is 35.5. The van der Waals surface area contributed by atoms with Gasteiger partial charge in [-0.25, -0.2) is 18.1 Å². The number of ketones is 1. The van der Waals surface area contributed by atoms with Crippen molar-refractivity contribution in [2.45, 2.75) is 37.4 Å². The number of nitrogens with zero attached hydrogens (tertiary/aromatic N) is 3. The number of aromatic nitrogens is 2. The highest BCUT2D eigenvalue weighted by Crippen LogP contribution is 2.31. The molecule has 6 aromatic rings. The molecule has 52 heavy (non-hydrogen) atoms. The molecule has 5 aromatic carbocycles. The first-order chi connectivity index (χ1) is 25.0. The number of carbonyl (C=O) groups excluding carboxylic acids is 3. The molecule has 0 saturated carbocycles. The molecule has 0 fully saturated rings. The molecule has 7 rings (SSSR count). The number of Topliss-reactive ketones (excluding diaryl/α,β-unsaturated/α-hetero) is 1. The first-order valence-electron chi connectivity index (χ1n) is 16.5. The first-order valence-corrected chi connectivity index (χ1v) is 18.4. The number of rotatable bonds is 9. The molecule has 0 saturated heterocycles. The second-order valence-corrected chi connectivity index (χ2v) is 14.8. The van der Waals surface area contributed by atoms with E-state index in [9.17, 15) is 27.9 Å². The van der Waals surface area contributed by atoms with Crippen molar-refractivity contribution >= 4 is 50.0 Å². The minimum Gasteiger partial charge on any atom is -0.394 e. The van der Waals surface area contributed by atoms with Crippen molar-refractivity contribution in [3.05, 3.63) is 154 Å². The summed E-state index contributed by atoms with van der Waals surface area (Å²) in [6.45, 7) is 1.63. The smallest absolute Gasteiger partial charge is 0.265 e. The van der Waals surface area contributed by atoms with E-state index in [2.05, 4.69) is 9.71 Å². The third kappa shape index (κ3) is 6.85. The van der Waals surface area contributed by atoms with Crippen molar-refractivity contribution in [3.63, 3.8) is 0 Å². The Hall–Kier alpha value is -5.62. The number of nitrogens with one attached hydrogen (secondary N) is 1. The number of sulfonamides is 1. The fraction of sp³-hybridized carbons (Fsp3) is 0.150. The minimum atomic E-state index is -4.37. The molecule has 1 aliphatic rings. The molecular formula is C40H33ClN4O6S. The highest BCUT2D eigenvalue weighted by molar-refractivity contribution is 7.90. The Kier molecular flexibility index (Phi) is 9.50. The summed E-state index contributed by atoms with van der Waals surface area (Å²) < 4.78 is 30.9. The maximum absolute atomic E-state index is 14.7. The van der Waals surface area contributed by atoms with Gasteiger partial charge < -0.3 is 14.6 Å². The standard InChI is InChI=1S/C40H33ClN4O6S/c1-25(47)37-23-44(21-26-8-3-2-4-9-26)38(42-37)33-17-15-29(19-35(33)40(49)45-22-30-11-6-5-10-28(30)18-31(45)24-46)39(48)43-52(50,51)32-16-14-27-12-7-13-36(41)34(27)20-32/h2-17,19-20,23,31,46H,18,21-22,24H2,1H3,(H,43,48)/t31-/m0/s1. The zero-order chi connectivity index (χ0) is 36.6. The van der Waals surface area contributed by atoms with E-state index < -0.39 is 27.9 Å². The molecule has 2 N–H and O–H groups in total. The van der Waals surface area contributed by atoms with Gasteiger partial charge >= 0.3 is 0 Å². The van der Waals surface area contributed by atoms with Crippen LogP contribution in [-0.2, 0) is 29.5 Å². The number of imidazole rings is 1. The van der Waals surface area contributed by atoms with Crippen molar-refractivity contribution in [1.82, 2.24) is 19.2 Å². The van der Waals surface area contributed by atoms with Gasteiger partial charge in [0.2, 0.25) is 0 Å². The van der Waals surface area contributed by atoms with Crippen LogP contribution in [0.2, 0.25) is 5.02 Å². The summed E-state index contributed by atoms with van der Waals surface area (Å²) in [5.74, 6) is -1.42. The molecule has 262 valence electrons. The van der Waals surface area contributed by atoms with Gasteiger partial charge in [-0.1, -0.05) is 84.4 Å². The predicted octanol–water partition coefficient (Wildman–Crippen LogP) is 6.29. The van der Waals surface area contributed by atoms with Gasteiger partial charge in [0.1, 0.15) is 11.5 Å². The average Bonchev–Trinajstić information content (AvgIpc) is 3.57. The summed E-state index contributed by atoms with van der Waals surface area (Å²) >= 11 is 6.32. The SMILES string of the molecule is CC(=O)c1cn(Cc2ccccc2)c(-c2ccc(C(=O)NS(=O)(=O)c3ccc4cccc(Cl)c4c3)cc2C(=O)N2Cc3ccccc3C[C@H]2CO)n1. The van der Waals surface area contributed by atoms with Crippen LogP contribution in [0, 0.1) is 0 Å². The van der Waals surface area contributed by atoms with E-state index in [4.69, 9.17) is 11.6 Å². The lowest BCUT2D eigenvalue weighted by Crippen LogP contribution is -2.46. The van der Waals surface area contributed by atoms with E-state index >= 15 is 0 Å². The molecular weight excluding hydrogens is 700 g/mol. The number of hydrogen-bond donors (Lipinski definition) is 2. The van der Waals surface area contributed by atoms with E-state index in [0.717, 1.165) is 22.1 Å². The van der Waals surface area contributed by atoms with Crippen LogP contribution >= 0.6 is 11.6 Å². The van der Waals surface area contributed by atoms with Crippen LogP contribution in [0.25, 0.3) is 22.2 Å². The van der Waals surface area contributed by atoms with E-state index in [1.54, 1.807) is 39.9 Å². The number of aliphatic hydroxyl groups excluding tert-OH is 1. The van der Waals surface area contributed by atoms with Gasteiger partial charge in [-0.2, -0.15) is 0 Å². The maximum Gasteiger partial charge on any atom is 0.265 e. The molecule has 2 heterocycles. The number of hydrogen-bond acceptors (Lipinski definition) is 7. The number of carbonyl (C=O) groups is 3. The van der Waals surface area contributed by atoms with Crippen molar-refractivity contribution in [1.29, 1.82) is 0 Å². The molecule has 1 aliphatic heterocycles. The van der Waals surface area contributed by atoms with Gasteiger partial charge in [0, 0.05) is 47.7 Å². The van der Waals surface area contributed by atoms with E-state index in [1.807, 2.05) is 54.6 Å². The number of fused-ring (bicyclic) bond motifs is 2. The lowest BCUT2D eigenvalue weighted by Gasteiger charge is -2.36. The van der Waals surface area contributed by atoms with E-state index in [-0.39, 0.29) is 40.7 Å². The second kappa shape index (κ2) is 14.2. The first kappa shape index (κ1) is 34.8. The van der Waals surface area contributed by atoms with Crippen LogP contribution in [0.1, 0.15) is 54.8 Å². The van der Waals surface area contributed by atoms with E-state index in [1.165, 1.54) is 37.3 Å². The largest absolute Gasteiger partial charge is 0.394 e. The summed E-state index contributed by atoms with van der Waals surface area (Å²) in [6.07, 6.45) is 2.04. The van der Waals surface area contributed by atoms with Gasteiger partial charge in [0.25, 0.3) is 21.8 Å². The predicted molar refractivity (Wildman–Crippen MR) is 198 cm³/mol. The summed E-state index contributed by atoms with van der Waals surface area (Å²) in [6, 6.07) is 30.5. The zero-order valence-electron chi connectivity index (χ0n) is 28.0. The molecule has 0 radical (unpaired) electrons. The molecule has 0 bridgehead atoms. The fourth-order valence-electron chi connectivity index (χ4n) is 6.52. The van der Waals surface area contributed by atoms with Crippen LogP contribution < -0.4 is 4.72 Å². The van der Waals surface area contributed by atoms with Crippen LogP contribution in [0.4, 0.5) is 0 Å². The number of halogens is 1. The number of benzene rings is 5. The molecule has 12 heteroatoms. The molecule has 0 spiro atoms. The Labute approximate surface area is 305 Å². The third-order valence-electron chi connectivity index (χ3n) is 9.25. The third-order valence-corrected chi connectivity index (χ3v) is 10.9. The van der Waals surface area contributed by atoms with Crippen LogP contribution in [-0.4, -0.2) is 58.2 Å². The van der Waals surface area contributed by atoms with E-state index in [0.29, 0.717) is 34.8 Å². The quantitative estimate of drug-likeness (QED) is 0.167. The zero-order valence-corrected chi connectivity index (χ0v) is 29.6. The van der Waals surface area contributed by atoms with Crippen LogP contribution in [0.5, 0.6) is 0 Å². The lowest BCUT2D eigenvalue weighted by molar-refractivity contribution is 0.0545. The summed E-state index contributed by atoms with van der Waals surface area (Å²) in [5, 5.41) is 12.0. The Morgan fingerprint density at radius 3 is 2.40 bits per heavy atom. The van der Waals surface area contributed by atoms with Gasteiger partial charge in [-0.3, -0.25) is 14.4 Å². The Morgan fingerprint density at radius 2 is 1.65 bits per heavy atom. The molecule has 1 aromatic heterocycles. The normalized spacial score (nSPS) is 14.2. The Morgan fingerprint density at radius 1 is 0.904 bits per heavy atom. The Bertz CT molecular complexity index is 2480. The van der Waals surface area contributed by atoms with Crippen molar-refractivity contribution in [2.75, 3.05) is 6.61 Å². The topological polar surface area (TPSA) is 139 Å². The van der Waals surface area contributed by atoms with Crippen molar-refractivity contribution in [3.8, 4) is 11.4 Å². The maximum atomic E-state index is 14.7. The summed E-state index contributed by atoms with van der Waals surface area (Å²) in [5.41, 5.74) is 3.33. The van der Waals surface area contributed by atoms with Gasteiger partial charge in [-0.15, -0.1) is 0 Å². The van der Waals surface area contributed by atoms with Crippen LogP contribution in [0.3, 0.4) is 0 Å². The lowest BCUT2D eigenvalue weighted by atomic mass is 9.92. The summed E-state index contributed by atoms with van der Waals surface area (Å²) in [7, 11) is -4.37. The molecule has 1 atom stereocenters. The number of amides is 2. The highest BCUT2D eigenvalue weighted by Gasteiger charge is 2.33. The monoisotopic (exact) mass is 732 g/mol. The number of aliphatic hydroxyl groups is 1. The van der Waals surface area contributed by atoms with Crippen molar-refractivity contribution in [2.24, 2.45) is 0 Å². The minimum absolute atomic E-state index is 0.0513. The average molecular weight is 733 g/mol.